The highest BCUT2D eigenvalue weighted by atomic mass is 15.2. The molecule has 90 valence electrons. The Hall–Kier alpha value is -0.0800. The van der Waals surface area contributed by atoms with Crippen LogP contribution in [0.25, 0.3) is 0 Å². The maximum absolute atomic E-state index is 3.27. The van der Waals surface area contributed by atoms with Gasteiger partial charge < -0.3 is 5.32 Å². The van der Waals surface area contributed by atoms with E-state index in [-0.39, 0.29) is 0 Å². The molecule has 1 unspecified atom stereocenters. The largest absolute Gasteiger partial charge is 0.318 e. The van der Waals surface area contributed by atoms with E-state index in [2.05, 4.69) is 31.0 Å². The van der Waals surface area contributed by atoms with E-state index in [1.807, 2.05) is 7.05 Å². The second kappa shape index (κ2) is 5.86. The van der Waals surface area contributed by atoms with Crippen LogP contribution in [0.3, 0.4) is 0 Å². The topological polar surface area (TPSA) is 15.3 Å². The van der Waals surface area contributed by atoms with E-state index in [1.165, 1.54) is 38.8 Å². The first-order valence-corrected chi connectivity index (χ1v) is 6.56. The van der Waals surface area contributed by atoms with Gasteiger partial charge in [-0.05, 0) is 45.3 Å². The molecule has 0 saturated carbocycles. The normalized spacial score (nSPS) is 24.0. The molecule has 15 heavy (non-hydrogen) atoms. The van der Waals surface area contributed by atoms with Crippen LogP contribution in [-0.2, 0) is 0 Å². The SMILES string of the molecule is CCC1(CC)CCN(C(C)CNC)CC1. The summed E-state index contributed by atoms with van der Waals surface area (Å²) in [5.74, 6) is 0. The smallest absolute Gasteiger partial charge is 0.0192 e. The van der Waals surface area contributed by atoms with Crippen molar-refractivity contribution in [1.82, 2.24) is 10.2 Å². The van der Waals surface area contributed by atoms with Gasteiger partial charge in [-0.1, -0.05) is 26.7 Å². The number of likely N-dealkylation sites (N-methyl/N-ethyl adjacent to an activating group) is 1. The zero-order valence-electron chi connectivity index (χ0n) is 11.0. The molecule has 2 nitrogen and oxygen atoms in total. The lowest BCUT2D eigenvalue weighted by Gasteiger charge is -2.43. The summed E-state index contributed by atoms with van der Waals surface area (Å²) in [5.41, 5.74) is 0.663. The van der Waals surface area contributed by atoms with Crippen molar-refractivity contribution in [3.8, 4) is 0 Å². The predicted octanol–water partition coefficient (Wildman–Crippen LogP) is 2.50. The molecule has 0 aromatic heterocycles. The molecule has 1 fully saturated rings. The quantitative estimate of drug-likeness (QED) is 0.753. The molecule has 2 heteroatoms. The Bertz CT molecular complexity index is 165. The van der Waals surface area contributed by atoms with Gasteiger partial charge in [0.15, 0.2) is 0 Å². The number of piperidine rings is 1. The summed E-state index contributed by atoms with van der Waals surface area (Å²) in [7, 11) is 2.04. The summed E-state index contributed by atoms with van der Waals surface area (Å²) < 4.78 is 0. The second-order valence-electron chi connectivity index (χ2n) is 5.15. The van der Waals surface area contributed by atoms with Gasteiger partial charge in [0.05, 0.1) is 0 Å². The third-order valence-electron chi connectivity index (χ3n) is 4.48. The lowest BCUT2D eigenvalue weighted by molar-refractivity contribution is 0.0715. The Labute approximate surface area is 95.4 Å². The minimum atomic E-state index is 0.663. The minimum Gasteiger partial charge on any atom is -0.318 e. The lowest BCUT2D eigenvalue weighted by atomic mass is 9.74. The van der Waals surface area contributed by atoms with Gasteiger partial charge >= 0.3 is 0 Å². The maximum atomic E-state index is 3.27. The summed E-state index contributed by atoms with van der Waals surface area (Å²) in [6, 6.07) is 0.696. The highest BCUT2D eigenvalue weighted by molar-refractivity contribution is 4.85. The number of nitrogens with zero attached hydrogens (tertiary/aromatic N) is 1. The molecule has 0 radical (unpaired) electrons. The molecule has 1 atom stereocenters. The fourth-order valence-electron chi connectivity index (χ4n) is 2.82. The van der Waals surface area contributed by atoms with Gasteiger partial charge in [-0.25, -0.2) is 0 Å². The van der Waals surface area contributed by atoms with E-state index in [0.717, 1.165) is 6.54 Å². The third-order valence-corrected chi connectivity index (χ3v) is 4.48. The molecule has 0 spiro atoms. The Morgan fingerprint density at radius 3 is 2.13 bits per heavy atom. The van der Waals surface area contributed by atoms with Crippen LogP contribution in [-0.4, -0.2) is 37.6 Å². The molecule has 0 amide bonds. The van der Waals surface area contributed by atoms with Gasteiger partial charge in [-0.2, -0.15) is 0 Å². The fraction of sp³-hybridized carbons (Fsp3) is 1.00. The molecule has 1 saturated heterocycles. The molecule has 1 aliphatic rings. The molecule has 1 rings (SSSR count). The van der Waals surface area contributed by atoms with Crippen molar-refractivity contribution in [3.63, 3.8) is 0 Å². The van der Waals surface area contributed by atoms with E-state index in [1.54, 1.807) is 0 Å². The van der Waals surface area contributed by atoms with Gasteiger partial charge in [0.2, 0.25) is 0 Å². The van der Waals surface area contributed by atoms with E-state index < -0.39 is 0 Å². The summed E-state index contributed by atoms with van der Waals surface area (Å²) >= 11 is 0. The van der Waals surface area contributed by atoms with Gasteiger partial charge in [-0.15, -0.1) is 0 Å². The van der Waals surface area contributed by atoms with Crippen LogP contribution < -0.4 is 5.32 Å². The average Bonchev–Trinajstić information content (AvgIpc) is 2.29. The zero-order valence-corrected chi connectivity index (χ0v) is 11.0. The fourth-order valence-corrected chi connectivity index (χ4v) is 2.82. The van der Waals surface area contributed by atoms with Crippen molar-refractivity contribution in [2.45, 2.75) is 52.5 Å². The molecule has 0 aliphatic carbocycles. The standard InChI is InChI=1S/C13H28N2/c1-5-13(6-2)7-9-15(10-8-13)12(3)11-14-4/h12,14H,5-11H2,1-4H3. The number of likely N-dealkylation sites (tertiary alicyclic amines) is 1. The average molecular weight is 212 g/mol. The number of hydrogen-bond donors (Lipinski definition) is 1. The number of nitrogens with one attached hydrogen (secondary N) is 1. The van der Waals surface area contributed by atoms with Crippen LogP contribution in [0, 0.1) is 5.41 Å². The van der Waals surface area contributed by atoms with Gasteiger partial charge in [0, 0.05) is 12.6 Å². The first-order chi connectivity index (χ1) is 7.17. The Balaban J connectivity index is 2.40. The monoisotopic (exact) mass is 212 g/mol. The number of rotatable bonds is 5. The first kappa shape index (κ1) is 13.0. The van der Waals surface area contributed by atoms with Crippen molar-refractivity contribution in [3.05, 3.63) is 0 Å². The molecule has 0 aromatic carbocycles. The molecule has 1 aliphatic heterocycles. The van der Waals surface area contributed by atoms with Crippen molar-refractivity contribution in [2.75, 3.05) is 26.7 Å². The van der Waals surface area contributed by atoms with E-state index in [4.69, 9.17) is 0 Å². The summed E-state index contributed by atoms with van der Waals surface area (Å²) in [6.45, 7) is 10.8. The Morgan fingerprint density at radius 2 is 1.73 bits per heavy atom. The summed E-state index contributed by atoms with van der Waals surface area (Å²) in [5, 5.41) is 3.27. The van der Waals surface area contributed by atoms with E-state index >= 15 is 0 Å². The molecular formula is C13H28N2. The summed E-state index contributed by atoms with van der Waals surface area (Å²) in [4.78, 5) is 2.64. The Morgan fingerprint density at radius 1 is 1.20 bits per heavy atom. The molecule has 0 aromatic rings. The third kappa shape index (κ3) is 3.18. The molecular weight excluding hydrogens is 184 g/mol. The summed E-state index contributed by atoms with van der Waals surface area (Å²) in [6.07, 6.45) is 5.51. The van der Waals surface area contributed by atoms with Crippen molar-refractivity contribution >= 4 is 0 Å². The molecule has 1 heterocycles. The molecule has 0 bridgehead atoms. The minimum absolute atomic E-state index is 0.663. The highest BCUT2D eigenvalue weighted by Crippen LogP contribution is 2.38. The van der Waals surface area contributed by atoms with Crippen LogP contribution in [0.5, 0.6) is 0 Å². The second-order valence-corrected chi connectivity index (χ2v) is 5.15. The van der Waals surface area contributed by atoms with Crippen molar-refractivity contribution in [2.24, 2.45) is 5.41 Å². The lowest BCUT2D eigenvalue weighted by Crippen LogP contribution is -2.46. The Kier molecular flexibility index (Phi) is 5.07. The molecule has 1 N–H and O–H groups in total. The predicted molar refractivity (Wildman–Crippen MR) is 67.2 cm³/mol. The van der Waals surface area contributed by atoms with Crippen LogP contribution >= 0.6 is 0 Å². The van der Waals surface area contributed by atoms with Gasteiger partial charge in [0.1, 0.15) is 0 Å². The van der Waals surface area contributed by atoms with Crippen LogP contribution in [0.1, 0.15) is 46.5 Å². The zero-order chi connectivity index (χ0) is 11.3. The van der Waals surface area contributed by atoms with Crippen LogP contribution in [0.2, 0.25) is 0 Å². The van der Waals surface area contributed by atoms with Crippen LogP contribution in [0.4, 0.5) is 0 Å². The number of hydrogen-bond acceptors (Lipinski definition) is 2. The highest BCUT2D eigenvalue weighted by Gasteiger charge is 2.32. The maximum Gasteiger partial charge on any atom is 0.0192 e. The first-order valence-electron chi connectivity index (χ1n) is 6.56. The van der Waals surface area contributed by atoms with Crippen LogP contribution in [0.15, 0.2) is 0 Å². The van der Waals surface area contributed by atoms with Crippen molar-refractivity contribution in [1.29, 1.82) is 0 Å². The van der Waals surface area contributed by atoms with E-state index in [0.29, 0.717) is 11.5 Å². The van der Waals surface area contributed by atoms with Gasteiger partial charge in [0.25, 0.3) is 0 Å². The van der Waals surface area contributed by atoms with Gasteiger partial charge in [-0.3, -0.25) is 4.90 Å². The van der Waals surface area contributed by atoms with Crippen molar-refractivity contribution < 1.29 is 0 Å². The van der Waals surface area contributed by atoms with E-state index in [9.17, 15) is 0 Å².